The highest BCUT2D eigenvalue weighted by Crippen LogP contribution is 2.35. The summed E-state index contributed by atoms with van der Waals surface area (Å²) < 4.78 is 11.5. The molecule has 2 heterocycles. The van der Waals surface area contributed by atoms with Gasteiger partial charge in [0.1, 0.15) is 5.03 Å². The number of nitrogens with zero attached hydrogens (tertiary/aromatic N) is 1. The van der Waals surface area contributed by atoms with Crippen LogP contribution in [-0.4, -0.2) is 14.9 Å². The Bertz CT molecular complexity index is 346. The maximum absolute atomic E-state index is 11.5. The van der Waals surface area contributed by atoms with Gasteiger partial charge in [-0.2, -0.15) is 0 Å². The van der Waals surface area contributed by atoms with Gasteiger partial charge in [-0.3, -0.25) is 4.21 Å². The second kappa shape index (κ2) is 2.39. The van der Waals surface area contributed by atoms with Crippen LogP contribution < -0.4 is 0 Å². The van der Waals surface area contributed by atoms with Gasteiger partial charge in [0.25, 0.3) is 0 Å². The predicted molar refractivity (Wildman–Crippen MR) is 48.5 cm³/mol. The zero-order valence-electron chi connectivity index (χ0n) is 7.20. The number of pyridine rings is 1. The van der Waals surface area contributed by atoms with E-state index < -0.39 is 10.8 Å². The fourth-order valence-corrected chi connectivity index (χ4v) is 3.28. The predicted octanol–water partition coefficient (Wildman–Crippen LogP) is 1.48. The van der Waals surface area contributed by atoms with Crippen molar-refractivity contribution in [3.05, 3.63) is 23.9 Å². The second-order valence-corrected chi connectivity index (χ2v) is 5.10. The molecule has 1 aliphatic rings. The Labute approximate surface area is 74.5 Å². The Kier molecular flexibility index (Phi) is 1.58. The summed E-state index contributed by atoms with van der Waals surface area (Å²) in [6.45, 7) is 4.22. The first-order valence-corrected chi connectivity index (χ1v) is 5.27. The zero-order chi connectivity index (χ0) is 8.77. The van der Waals surface area contributed by atoms with E-state index in [-0.39, 0.29) is 5.41 Å². The zero-order valence-corrected chi connectivity index (χ0v) is 8.02. The molecular formula is C9H11NOS. The van der Waals surface area contributed by atoms with Crippen LogP contribution in [0.1, 0.15) is 19.4 Å². The molecule has 12 heavy (non-hydrogen) atoms. The van der Waals surface area contributed by atoms with Gasteiger partial charge in [0.05, 0.1) is 10.8 Å². The van der Waals surface area contributed by atoms with Gasteiger partial charge in [0.2, 0.25) is 0 Å². The maximum Gasteiger partial charge on any atom is 0.131 e. The SMILES string of the molecule is CC1(C)CS(=O)c2ncccc21. The van der Waals surface area contributed by atoms with Crippen molar-refractivity contribution in [2.45, 2.75) is 24.3 Å². The van der Waals surface area contributed by atoms with E-state index in [9.17, 15) is 4.21 Å². The summed E-state index contributed by atoms with van der Waals surface area (Å²) in [5.41, 5.74) is 1.18. The third-order valence-corrected chi connectivity index (χ3v) is 3.95. The van der Waals surface area contributed by atoms with E-state index in [1.54, 1.807) is 6.20 Å². The topological polar surface area (TPSA) is 30.0 Å². The minimum Gasteiger partial charge on any atom is -0.253 e. The van der Waals surface area contributed by atoms with Gasteiger partial charge in [0.15, 0.2) is 0 Å². The molecule has 64 valence electrons. The summed E-state index contributed by atoms with van der Waals surface area (Å²) in [4.78, 5) is 4.14. The van der Waals surface area contributed by atoms with Crippen molar-refractivity contribution in [3.63, 3.8) is 0 Å². The normalized spacial score (nSPS) is 25.3. The van der Waals surface area contributed by atoms with Crippen LogP contribution in [0, 0.1) is 0 Å². The molecule has 0 fully saturated rings. The first-order valence-electron chi connectivity index (χ1n) is 3.95. The summed E-state index contributed by atoms with van der Waals surface area (Å²) in [6, 6.07) is 3.93. The molecule has 1 aromatic rings. The molecule has 0 saturated heterocycles. The lowest BCUT2D eigenvalue weighted by atomic mass is 9.88. The van der Waals surface area contributed by atoms with Crippen LogP contribution in [0.15, 0.2) is 23.4 Å². The van der Waals surface area contributed by atoms with Gasteiger partial charge in [0, 0.05) is 17.4 Å². The standard InChI is InChI=1S/C9H11NOS/c1-9(2)6-12(11)8-7(9)4-3-5-10-8/h3-5H,6H2,1-2H3. The molecule has 2 rings (SSSR count). The Balaban J connectivity index is 2.66. The molecule has 0 spiro atoms. The van der Waals surface area contributed by atoms with Crippen molar-refractivity contribution in [1.82, 2.24) is 4.98 Å². The molecule has 1 atom stereocenters. The van der Waals surface area contributed by atoms with Crippen molar-refractivity contribution < 1.29 is 4.21 Å². The van der Waals surface area contributed by atoms with Gasteiger partial charge in [-0.1, -0.05) is 19.9 Å². The Hall–Kier alpha value is -0.700. The number of fused-ring (bicyclic) bond motifs is 1. The lowest BCUT2D eigenvalue weighted by molar-refractivity contribution is 0.596. The van der Waals surface area contributed by atoms with Crippen molar-refractivity contribution in [2.24, 2.45) is 0 Å². The lowest BCUT2D eigenvalue weighted by Gasteiger charge is -2.15. The molecule has 0 amide bonds. The summed E-state index contributed by atoms with van der Waals surface area (Å²) in [6.07, 6.45) is 1.71. The average molecular weight is 181 g/mol. The van der Waals surface area contributed by atoms with Crippen LogP contribution in [0.2, 0.25) is 0 Å². The van der Waals surface area contributed by atoms with Crippen LogP contribution in [-0.2, 0) is 16.2 Å². The molecule has 1 aliphatic heterocycles. The molecule has 0 saturated carbocycles. The Morgan fingerprint density at radius 2 is 2.33 bits per heavy atom. The van der Waals surface area contributed by atoms with E-state index in [1.807, 2.05) is 12.1 Å². The summed E-state index contributed by atoms with van der Waals surface area (Å²) in [5, 5.41) is 0.780. The quantitative estimate of drug-likeness (QED) is 0.607. The van der Waals surface area contributed by atoms with Crippen LogP contribution in [0.5, 0.6) is 0 Å². The maximum atomic E-state index is 11.5. The summed E-state index contributed by atoms with van der Waals surface area (Å²) >= 11 is 0. The highest BCUT2D eigenvalue weighted by Gasteiger charge is 2.35. The first-order chi connectivity index (χ1) is 5.61. The fraction of sp³-hybridized carbons (Fsp3) is 0.444. The summed E-state index contributed by atoms with van der Waals surface area (Å²) in [7, 11) is -0.878. The highest BCUT2D eigenvalue weighted by atomic mass is 32.2. The largest absolute Gasteiger partial charge is 0.253 e. The third-order valence-electron chi connectivity index (χ3n) is 2.21. The van der Waals surface area contributed by atoms with Gasteiger partial charge in [-0.25, -0.2) is 4.98 Å². The molecule has 0 aliphatic carbocycles. The van der Waals surface area contributed by atoms with Gasteiger partial charge in [-0.15, -0.1) is 0 Å². The molecule has 0 radical (unpaired) electrons. The molecule has 0 N–H and O–H groups in total. The average Bonchev–Trinajstić information content (AvgIpc) is 2.25. The van der Waals surface area contributed by atoms with Crippen molar-refractivity contribution in [2.75, 3.05) is 5.75 Å². The molecule has 2 nitrogen and oxygen atoms in total. The van der Waals surface area contributed by atoms with E-state index in [0.717, 1.165) is 10.6 Å². The smallest absolute Gasteiger partial charge is 0.131 e. The van der Waals surface area contributed by atoms with E-state index in [1.165, 1.54) is 0 Å². The Morgan fingerprint density at radius 1 is 1.58 bits per heavy atom. The first kappa shape index (κ1) is 7.92. The van der Waals surface area contributed by atoms with Crippen LogP contribution in [0.3, 0.4) is 0 Å². The molecule has 0 aromatic carbocycles. The van der Waals surface area contributed by atoms with Crippen molar-refractivity contribution in [1.29, 1.82) is 0 Å². The number of hydrogen-bond acceptors (Lipinski definition) is 2. The van der Waals surface area contributed by atoms with E-state index >= 15 is 0 Å². The van der Waals surface area contributed by atoms with Crippen LogP contribution in [0.4, 0.5) is 0 Å². The van der Waals surface area contributed by atoms with E-state index in [2.05, 4.69) is 18.8 Å². The van der Waals surface area contributed by atoms with Gasteiger partial charge < -0.3 is 0 Å². The third kappa shape index (κ3) is 1.00. The molecular weight excluding hydrogens is 170 g/mol. The minimum atomic E-state index is -0.878. The second-order valence-electron chi connectivity index (χ2n) is 3.73. The number of aromatic nitrogens is 1. The minimum absolute atomic E-state index is 0.0362. The molecule has 1 unspecified atom stereocenters. The summed E-state index contributed by atoms with van der Waals surface area (Å²) in [5.74, 6) is 0.708. The van der Waals surface area contributed by atoms with E-state index in [0.29, 0.717) is 5.75 Å². The van der Waals surface area contributed by atoms with Crippen molar-refractivity contribution in [3.8, 4) is 0 Å². The van der Waals surface area contributed by atoms with Crippen LogP contribution >= 0.6 is 0 Å². The van der Waals surface area contributed by atoms with Crippen LogP contribution in [0.25, 0.3) is 0 Å². The fourth-order valence-electron chi connectivity index (χ4n) is 1.56. The van der Waals surface area contributed by atoms with Gasteiger partial charge >= 0.3 is 0 Å². The van der Waals surface area contributed by atoms with E-state index in [4.69, 9.17) is 0 Å². The number of rotatable bonds is 0. The molecule has 1 aromatic heterocycles. The number of hydrogen-bond donors (Lipinski definition) is 0. The Morgan fingerprint density at radius 3 is 3.00 bits per heavy atom. The molecule has 0 bridgehead atoms. The highest BCUT2D eigenvalue weighted by molar-refractivity contribution is 7.85. The monoisotopic (exact) mass is 181 g/mol. The molecule has 3 heteroatoms. The van der Waals surface area contributed by atoms with Gasteiger partial charge in [-0.05, 0) is 11.6 Å². The van der Waals surface area contributed by atoms with Crippen molar-refractivity contribution >= 4 is 10.8 Å². The lowest BCUT2D eigenvalue weighted by Crippen LogP contribution is -2.17.